The Morgan fingerprint density at radius 3 is 2.26 bits per heavy atom. The van der Waals surface area contributed by atoms with Crippen LogP contribution in [0, 0.1) is 0 Å². The molecule has 17 nitrogen and oxygen atoms in total. The minimum Gasteiger partial charge on any atom is -0.748 e. The highest BCUT2D eigenvalue weighted by Gasteiger charge is 2.55. The first-order chi connectivity index (χ1) is 16.4. The van der Waals surface area contributed by atoms with Gasteiger partial charge in [-0.2, -0.15) is 4.33 Å². The number of ether oxygens (including phenoxy) is 5. The Morgan fingerprint density at radius 1 is 1.14 bits per heavy atom. The average molecular weight is 550 g/mol. The molecular formula is C16H24NO16S2-3. The Kier molecular flexibility index (Phi) is 11.0. The van der Waals surface area contributed by atoms with Crippen LogP contribution < -0.4 is 15.7 Å². The number of aliphatic carboxylic acids is 1. The highest BCUT2D eigenvalue weighted by atomic mass is 32.2. The number of hydrogen-bond donors (Lipinski definition) is 3. The summed E-state index contributed by atoms with van der Waals surface area (Å²) >= 11 is -0.0373. The molecule has 204 valence electrons. The second-order valence-electron chi connectivity index (χ2n) is 7.38. The molecule has 35 heavy (non-hydrogen) atoms. The van der Waals surface area contributed by atoms with Crippen molar-refractivity contribution in [3.63, 3.8) is 0 Å². The van der Waals surface area contributed by atoms with Gasteiger partial charge in [-0.15, -0.1) is 0 Å². The summed E-state index contributed by atoms with van der Waals surface area (Å²) < 4.78 is 66.9. The normalized spacial score (nSPS) is 38.1. The van der Waals surface area contributed by atoms with Crippen molar-refractivity contribution >= 4 is 34.0 Å². The number of rotatable bonds is 11. The summed E-state index contributed by atoms with van der Waals surface area (Å²) in [6.07, 6.45) is -12.2. The molecule has 0 aromatic carbocycles. The van der Waals surface area contributed by atoms with Crippen molar-refractivity contribution in [2.75, 3.05) is 20.8 Å². The number of carbonyl (C=O) groups excluding carboxylic acids is 2. The minimum atomic E-state index is -5.43. The highest BCUT2D eigenvalue weighted by molar-refractivity contribution is 7.96. The van der Waals surface area contributed by atoms with Crippen LogP contribution in [0.5, 0.6) is 0 Å². The van der Waals surface area contributed by atoms with E-state index in [0.29, 0.717) is 0 Å². The van der Waals surface area contributed by atoms with Crippen LogP contribution in [0.25, 0.3) is 0 Å². The first kappa shape index (κ1) is 30.0. The SMILES string of the molecule is CO[C@@H]1OC(CO)[C@H](O)[C@H](O[C@@H]2OC(C(=O)[O-])[C@@H](OC)[C@H](SOO[O-])C2S(=O)(=O)[O-])C1NC(C)=O. The molecule has 0 aliphatic carbocycles. The molecule has 0 spiro atoms. The lowest BCUT2D eigenvalue weighted by molar-refractivity contribution is -0.777. The third-order valence-electron chi connectivity index (χ3n) is 5.26. The van der Waals surface area contributed by atoms with Crippen molar-refractivity contribution in [3.8, 4) is 0 Å². The largest absolute Gasteiger partial charge is 0.748 e. The minimum absolute atomic E-state index is 0.0373. The topological polar surface area (TPSA) is 255 Å². The highest BCUT2D eigenvalue weighted by Crippen LogP contribution is 2.38. The van der Waals surface area contributed by atoms with Gasteiger partial charge < -0.3 is 58.9 Å². The molecule has 0 aromatic rings. The maximum atomic E-state index is 12.2. The number of aliphatic hydroxyl groups is 2. The van der Waals surface area contributed by atoms with Gasteiger partial charge in [-0.25, -0.2) is 8.42 Å². The monoisotopic (exact) mass is 550 g/mol. The second-order valence-corrected chi connectivity index (χ2v) is 9.78. The molecule has 0 bridgehead atoms. The van der Waals surface area contributed by atoms with Crippen molar-refractivity contribution in [2.45, 2.75) is 66.6 Å². The summed E-state index contributed by atoms with van der Waals surface area (Å²) in [4.78, 5) is 23.4. The van der Waals surface area contributed by atoms with Gasteiger partial charge in [0.1, 0.15) is 51.9 Å². The van der Waals surface area contributed by atoms with Crippen molar-refractivity contribution in [3.05, 3.63) is 0 Å². The summed E-state index contributed by atoms with van der Waals surface area (Å²) in [5.41, 5.74) is 0. The predicted molar refractivity (Wildman–Crippen MR) is 103 cm³/mol. The van der Waals surface area contributed by atoms with E-state index in [1.807, 2.05) is 0 Å². The molecule has 10 atom stereocenters. The molecule has 2 fully saturated rings. The quantitative estimate of drug-likeness (QED) is 0.0936. The summed E-state index contributed by atoms with van der Waals surface area (Å²) in [5, 5.41) is 43.7. The van der Waals surface area contributed by atoms with E-state index in [4.69, 9.17) is 23.7 Å². The first-order valence-electron chi connectivity index (χ1n) is 9.76. The fourth-order valence-electron chi connectivity index (χ4n) is 3.82. The molecule has 0 aromatic heterocycles. The zero-order valence-electron chi connectivity index (χ0n) is 18.4. The fourth-order valence-corrected chi connectivity index (χ4v) is 5.97. The Hall–Kier alpha value is -1.20. The van der Waals surface area contributed by atoms with Gasteiger partial charge in [-0.1, -0.05) is 0 Å². The van der Waals surface area contributed by atoms with E-state index < -0.39 is 88.2 Å². The summed E-state index contributed by atoms with van der Waals surface area (Å²) in [6.45, 7) is 0.321. The molecule has 2 heterocycles. The zero-order chi connectivity index (χ0) is 26.5. The van der Waals surface area contributed by atoms with Gasteiger partial charge in [0.2, 0.25) is 5.91 Å². The Morgan fingerprint density at radius 2 is 1.80 bits per heavy atom. The molecule has 4 unspecified atom stereocenters. The van der Waals surface area contributed by atoms with E-state index in [2.05, 4.69) is 14.7 Å². The van der Waals surface area contributed by atoms with Crippen LogP contribution in [-0.2, 0) is 52.8 Å². The van der Waals surface area contributed by atoms with Crippen LogP contribution >= 0.6 is 12.0 Å². The van der Waals surface area contributed by atoms with Crippen LogP contribution in [0.1, 0.15) is 6.92 Å². The van der Waals surface area contributed by atoms with Gasteiger partial charge >= 0.3 is 0 Å². The lowest BCUT2D eigenvalue weighted by atomic mass is 9.96. The smallest absolute Gasteiger partial charge is 0.217 e. The molecule has 2 aliphatic rings. The Bertz CT molecular complexity index is 828. The van der Waals surface area contributed by atoms with E-state index >= 15 is 0 Å². The van der Waals surface area contributed by atoms with Crippen LogP contribution in [0.3, 0.4) is 0 Å². The van der Waals surface area contributed by atoms with E-state index in [-0.39, 0.29) is 12.0 Å². The van der Waals surface area contributed by atoms with E-state index in [0.717, 1.165) is 21.1 Å². The molecule has 0 radical (unpaired) electrons. The van der Waals surface area contributed by atoms with E-state index in [9.17, 15) is 43.1 Å². The molecule has 2 saturated heterocycles. The molecule has 2 aliphatic heterocycles. The van der Waals surface area contributed by atoms with E-state index in [1.165, 1.54) is 0 Å². The van der Waals surface area contributed by atoms with Gasteiger partial charge in [-0.05, 0) is 0 Å². The van der Waals surface area contributed by atoms with Gasteiger partial charge in [0, 0.05) is 33.2 Å². The zero-order valence-corrected chi connectivity index (χ0v) is 20.0. The first-order valence-corrected chi connectivity index (χ1v) is 12.0. The molecular weight excluding hydrogens is 526 g/mol. The maximum Gasteiger partial charge on any atom is 0.217 e. The van der Waals surface area contributed by atoms with Gasteiger partial charge in [0.15, 0.2) is 12.6 Å². The third kappa shape index (κ3) is 6.97. The molecule has 2 rings (SSSR count). The number of aliphatic hydroxyl groups excluding tert-OH is 2. The summed E-state index contributed by atoms with van der Waals surface area (Å²) in [5.74, 6) is -2.57. The summed E-state index contributed by atoms with van der Waals surface area (Å²) in [7, 11) is -3.30. The molecule has 3 N–H and O–H groups in total. The van der Waals surface area contributed by atoms with Crippen molar-refractivity contribution in [1.82, 2.24) is 5.32 Å². The van der Waals surface area contributed by atoms with Crippen LogP contribution in [0.4, 0.5) is 0 Å². The maximum absolute atomic E-state index is 12.2. The molecule has 0 saturated carbocycles. The lowest BCUT2D eigenvalue weighted by Crippen LogP contribution is -2.69. The number of nitrogens with one attached hydrogen (secondary N) is 1. The standard InChI is InChI=1S/C16H27NO16S2/c1-5(19)17-7-9(8(20)6(4-18)29-15(7)28-3)30-16-13(35(24,25)26)12(34-33-32-23)10(27-2)11(31-16)14(21)22/h6-13,15-16,18,20,23H,4H2,1-3H3,(H,17,19)(H,21,22)(H,24,25,26)/p-3/t6?,7?,8-,9+,10+,11?,12-,13?,15+,16+/m0/s1. The number of carboxylic acid groups (broad SMARTS) is 1. The fraction of sp³-hybridized carbons (Fsp3) is 0.875. The van der Waals surface area contributed by atoms with Gasteiger partial charge in [-0.3, -0.25) is 9.83 Å². The van der Waals surface area contributed by atoms with Gasteiger partial charge in [0.25, 0.3) is 0 Å². The van der Waals surface area contributed by atoms with Crippen molar-refractivity contribution < 1.29 is 76.2 Å². The lowest BCUT2D eigenvalue weighted by Gasteiger charge is -2.49. The van der Waals surface area contributed by atoms with E-state index in [1.54, 1.807) is 0 Å². The van der Waals surface area contributed by atoms with Crippen LogP contribution in [0.2, 0.25) is 0 Å². The number of carboxylic acids is 1. The summed E-state index contributed by atoms with van der Waals surface area (Å²) in [6, 6.07) is -1.36. The van der Waals surface area contributed by atoms with Crippen molar-refractivity contribution in [1.29, 1.82) is 0 Å². The second kappa shape index (κ2) is 12.9. The number of amides is 1. The molecule has 19 heteroatoms. The van der Waals surface area contributed by atoms with Crippen LogP contribution in [-0.4, -0.2) is 116 Å². The van der Waals surface area contributed by atoms with Gasteiger partial charge in [0.05, 0.1) is 17.8 Å². The number of hydrogen-bond acceptors (Lipinski definition) is 17. The van der Waals surface area contributed by atoms with Crippen LogP contribution in [0.15, 0.2) is 0 Å². The number of carbonyl (C=O) groups is 2. The average Bonchev–Trinajstić information content (AvgIpc) is 2.78. The third-order valence-corrected chi connectivity index (χ3v) is 7.53. The predicted octanol–water partition coefficient (Wildman–Crippen LogP) is -5.76. The van der Waals surface area contributed by atoms with Crippen molar-refractivity contribution in [2.24, 2.45) is 0 Å². The Labute approximate surface area is 203 Å². The molecule has 1 amide bonds. The Balaban J connectivity index is 2.54. The number of methoxy groups -OCH3 is 2.